The van der Waals surface area contributed by atoms with Crippen LogP contribution in [0, 0.1) is 18.7 Å². The van der Waals surface area contributed by atoms with Gasteiger partial charge in [-0.2, -0.15) is 5.10 Å². The van der Waals surface area contributed by atoms with Gasteiger partial charge in [0, 0.05) is 68.1 Å². The molecule has 1 fully saturated rings. The molecule has 2 radical (unpaired) electrons. The molecule has 0 amide bonds. The van der Waals surface area contributed by atoms with Crippen LogP contribution in [0.25, 0.3) is 5.70 Å². The standard InChI is InChI=1S/C27H33FN6OS.CH3B.CH4O/c1-16-9-24(26(30)32-12-16)35-17(2)23-11-21(28)7-8-22(23)25(29)19(13-31-3)10-20-15-34(14-18-5-6-18)33-27(20)36-4;2*1-2/h7-9,11-13,15,17-18H,5-6,10,14,29H2,1-4H3,(H2,30,32);1H3;2H,1H3/b25-19-,31-13?;;. The monoisotopic (exact) mass is 566 g/mol. The number of aliphatic hydroxyl groups excluding tert-OH is 1. The van der Waals surface area contributed by atoms with E-state index in [1.807, 2.05) is 30.9 Å². The van der Waals surface area contributed by atoms with E-state index in [9.17, 15) is 4.39 Å². The third-order valence-electron chi connectivity index (χ3n) is 6.21. The van der Waals surface area contributed by atoms with Crippen molar-refractivity contribution in [3.8, 4) is 5.75 Å². The van der Waals surface area contributed by atoms with Gasteiger partial charge in [-0.15, -0.1) is 11.8 Å². The fourth-order valence-electron chi connectivity index (χ4n) is 4.16. The highest BCUT2D eigenvalue weighted by Gasteiger charge is 2.23. The minimum absolute atomic E-state index is 0.278. The van der Waals surface area contributed by atoms with E-state index in [1.165, 1.54) is 31.8 Å². The zero-order valence-electron chi connectivity index (χ0n) is 24.2. The summed E-state index contributed by atoms with van der Waals surface area (Å²) in [5.41, 5.74) is 17.4. The molecule has 0 bridgehead atoms. The van der Waals surface area contributed by atoms with Gasteiger partial charge >= 0.3 is 0 Å². The molecular weight excluding hydrogens is 526 g/mol. The van der Waals surface area contributed by atoms with Crippen LogP contribution in [0.15, 0.2) is 52.3 Å². The summed E-state index contributed by atoms with van der Waals surface area (Å²) in [6.45, 7) is 6.19. The molecule has 1 aliphatic carbocycles. The molecule has 1 atom stereocenters. The van der Waals surface area contributed by atoms with Crippen molar-refractivity contribution in [1.82, 2.24) is 14.8 Å². The van der Waals surface area contributed by atoms with Crippen LogP contribution in [0.1, 0.15) is 48.1 Å². The maximum atomic E-state index is 14.4. The van der Waals surface area contributed by atoms with Crippen molar-refractivity contribution in [1.29, 1.82) is 0 Å². The van der Waals surface area contributed by atoms with Gasteiger partial charge in [-0.3, -0.25) is 9.67 Å². The van der Waals surface area contributed by atoms with Crippen molar-refractivity contribution in [2.75, 3.05) is 26.1 Å². The van der Waals surface area contributed by atoms with Gasteiger partial charge in [-0.1, -0.05) is 6.82 Å². The van der Waals surface area contributed by atoms with E-state index in [0.29, 0.717) is 29.0 Å². The predicted octanol–water partition coefficient (Wildman–Crippen LogP) is 5.00. The second kappa shape index (κ2) is 16.1. The number of nitrogens with two attached hydrogens (primary N) is 2. The Kier molecular flexibility index (Phi) is 13.2. The van der Waals surface area contributed by atoms with Crippen molar-refractivity contribution in [3.05, 3.63) is 70.3 Å². The highest BCUT2D eigenvalue weighted by atomic mass is 32.2. The number of aliphatic hydroxyl groups is 1. The normalized spacial score (nSPS) is 14.0. The third-order valence-corrected chi connectivity index (χ3v) is 6.94. The number of rotatable bonds is 10. The van der Waals surface area contributed by atoms with E-state index < -0.39 is 6.10 Å². The SMILES string of the molecule is CN=C/C(Cc1cn(CC2CC2)nc1SC)=C(\N)c1ccc(F)cc1C(C)Oc1cc(C)cnc1N.CO.[B]C. The summed E-state index contributed by atoms with van der Waals surface area (Å²) in [6.07, 6.45) is 10.1. The Hall–Kier alpha value is -3.31. The molecule has 0 spiro atoms. The number of aryl methyl sites for hydroxylation is 1. The fourth-order valence-corrected chi connectivity index (χ4v) is 4.73. The van der Waals surface area contributed by atoms with E-state index in [-0.39, 0.29) is 11.6 Å². The van der Waals surface area contributed by atoms with Crippen LogP contribution in [-0.4, -0.2) is 54.3 Å². The summed E-state index contributed by atoms with van der Waals surface area (Å²) in [5, 5.41) is 12.7. The Balaban J connectivity index is 0.00000134. The van der Waals surface area contributed by atoms with Gasteiger partial charge in [0.05, 0.1) is 7.85 Å². The van der Waals surface area contributed by atoms with E-state index in [1.54, 1.807) is 37.3 Å². The smallest absolute Gasteiger partial charge is 0.166 e. The molecule has 11 heteroatoms. The predicted molar refractivity (Wildman–Crippen MR) is 165 cm³/mol. The van der Waals surface area contributed by atoms with Crippen LogP contribution >= 0.6 is 11.8 Å². The Labute approximate surface area is 242 Å². The summed E-state index contributed by atoms with van der Waals surface area (Å²) in [5.74, 6) is 1.08. The highest BCUT2D eigenvalue weighted by molar-refractivity contribution is 7.98. The zero-order valence-corrected chi connectivity index (χ0v) is 25.0. The number of benzene rings is 1. The number of ether oxygens (including phenoxy) is 1. The summed E-state index contributed by atoms with van der Waals surface area (Å²) in [7, 11) is 7.21. The molecule has 1 saturated carbocycles. The first-order valence-electron chi connectivity index (χ1n) is 13.0. The first kappa shape index (κ1) is 32.9. The second-order valence-corrected chi connectivity index (χ2v) is 10.0. The quantitative estimate of drug-likeness (QED) is 0.179. The summed E-state index contributed by atoms with van der Waals surface area (Å²) in [4.78, 5) is 8.41. The summed E-state index contributed by atoms with van der Waals surface area (Å²) >= 11 is 1.62. The number of halogens is 1. The number of aliphatic imine (C=N–C) groups is 1. The molecule has 0 saturated heterocycles. The molecule has 2 heterocycles. The number of hydrogen-bond donors (Lipinski definition) is 3. The van der Waals surface area contributed by atoms with Crippen molar-refractivity contribution in [2.45, 2.75) is 57.6 Å². The average molecular weight is 567 g/mol. The molecule has 40 heavy (non-hydrogen) atoms. The van der Waals surface area contributed by atoms with Crippen LogP contribution in [0.5, 0.6) is 5.75 Å². The maximum absolute atomic E-state index is 14.4. The minimum atomic E-state index is -0.525. The minimum Gasteiger partial charge on any atom is -0.482 e. The molecule has 5 N–H and O–H groups in total. The van der Waals surface area contributed by atoms with Crippen LogP contribution in [0.2, 0.25) is 6.82 Å². The van der Waals surface area contributed by atoms with Gasteiger partial charge < -0.3 is 21.3 Å². The lowest BCUT2D eigenvalue weighted by Crippen LogP contribution is -2.13. The molecule has 8 nitrogen and oxygen atoms in total. The Morgan fingerprint density at radius 2 is 2.02 bits per heavy atom. The molecule has 214 valence electrons. The van der Waals surface area contributed by atoms with Gasteiger partial charge in [-0.05, 0) is 74.3 Å². The number of thioether (sulfide) groups is 1. The molecule has 1 aromatic carbocycles. The third kappa shape index (κ3) is 8.86. The van der Waals surface area contributed by atoms with Crippen LogP contribution in [-0.2, 0) is 13.0 Å². The second-order valence-electron chi connectivity index (χ2n) is 9.22. The number of pyridine rings is 1. The van der Waals surface area contributed by atoms with Crippen molar-refractivity contribution >= 4 is 37.3 Å². The fraction of sp³-hybridized carbons (Fsp3) is 0.414. The number of nitrogen functional groups attached to an aromatic ring is 1. The van der Waals surface area contributed by atoms with E-state index >= 15 is 0 Å². The number of aromatic nitrogens is 3. The summed E-state index contributed by atoms with van der Waals surface area (Å²) < 4.78 is 22.5. The first-order chi connectivity index (χ1) is 19.3. The summed E-state index contributed by atoms with van der Waals surface area (Å²) in [6, 6.07) is 6.36. The van der Waals surface area contributed by atoms with Crippen LogP contribution in [0.4, 0.5) is 10.2 Å². The lowest BCUT2D eigenvalue weighted by molar-refractivity contribution is 0.226. The average Bonchev–Trinajstić information content (AvgIpc) is 3.70. The Morgan fingerprint density at radius 3 is 2.65 bits per heavy atom. The molecule has 3 aromatic rings. The molecular formula is C29H40BFN6O2S. The van der Waals surface area contributed by atoms with Crippen LogP contribution in [0.3, 0.4) is 0 Å². The van der Waals surface area contributed by atoms with Gasteiger partial charge in [0.2, 0.25) is 0 Å². The highest BCUT2D eigenvalue weighted by Crippen LogP contribution is 2.33. The number of hydrogen-bond acceptors (Lipinski definition) is 8. The first-order valence-corrected chi connectivity index (χ1v) is 14.2. The lowest BCUT2D eigenvalue weighted by Gasteiger charge is -2.21. The van der Waals surface area contributed by atoms with Gasteiger partial charge in [0.25, 0.3) is 0 Å². The van der Waals surface area contributed by atoms with Gasteiger partial charge in [-0.25, -0.2) is 9.37 Å². The van der Waals surface area contributed by atoms with Gasteiger partial charge in [0.15, 0.2) is 11.6 Å². The van der Waals surface area contributed by atoms with Crippen molar-refractivity contribution in [2.24, 2.45) is 16.6 Å². The van der Waals surface area contributed by atoms with E-state index in [2.05, 4.69) is 24.0 Å². The Morgan fingerprint density at radius 1 is 1.32 bits per heavy atom. The zero-order chi connectivity index (χ0) is 29.8. The topological polar surface area (TPSA) is 125 Å². The number of nitrogens with zero attached hydrogens (tertiary/aromatic N) is 4. The van der Waals surface area contributed by atoms with Crippen molar-refractivity contribution < 1.29 is 14.2 Å². The lowest BCUT2D eigenvalue weighted by atomic mass is 9.96. The Bertz CT molecular complexity index is 1310. The van der Waals surface area contributed by atoms with E-state index in [4.69, 9.17) is 26.4 Å². The molecule has 1 aliphatic rings. The molecule has 0 aliphatic heterocycles. The van der Waals surface area contributed by atoms with Crippen LogP contribution < -0.4 is 16.2 Å². The number of allylic oxidation sites excluding steroid dienone is 1. The number of anilines is 1. The van der Waals surface area contributed by atoms with E-state index in [0.717, 1.165) is 41.3 Å². The largest absolute Gasteiger partial charge is 0.482 e. The van der Waals surface area contributed by atoms with Crippen molar-refractivity contribution in [3.63, 3.8) is 0 Å². The molecule has 2 aromatic heterocycles. The molecule has 1 unspecified atom stereocenters. The maximum Gasteiger partial charge on any atom is 0.166 e. The van der Waals surface area contributed by atoms with Gasteiger partial charge in [0.1, 0.15) is 16.9 Å². The molecule has 4 rings (SSSR count).